The van der Waals surface area contributed by atoms with Crippen LogP contribution in [0.2, 0.25) is 0 Å². The molecule has 25 heavy (non-hydrogen) atoms. The third kappa shape index (κ3) is 3.73. The van der Waals surface area contributed by atoms with Crippen LogP contribution >= 0.6 is 0 Å². The SMILES string of the molecule is O=C(NC1CC1)c1ccc(N2CCN(c3ccc(F)cc3)CC2)nc1. The fourth-order valence-electron chi connectivity index (χ4n) is 3.05. The molecule has 0 spiro atoms. The van der Waals surface area contributed by atoms with E-state index in [2.05, 4.69) is 20.1 Å². The number of rotatable bonds is 4. The summed E-state index contributed by atoms with van der Waals surface area (Å²) in [6.07, 6.45) is 3.81. The summed E-state index contributed by atoms with van der Waals surface area (Å²) >= 11 is 0. The van der Waals surface area contributed by atoms with E-state index in [1.54, 1.807) is 6.20 Å². The van der Waals surface area contributed by atoms with Crippen molar-refractivity contribution in [2.24, 2.45) is 0 Å². The Morgan fingerprint density at radius 1 is 1.00 bits per heavy atom. The second-order valence-electron chi connectivity index (χ2n) is 6.60. The van der Waals surface area contributed by atoms with Crippen molar-refractivity contribution in [2.75, 3.05) is 36.0 Å². The average Bonchev–Trinajstić information content (AvgIpc) is 3.47. The van der Waals surface area contributed by atoms with Crippen molar-refractivity contribution in [1.82, 2.24) is 10.3 Å². The molecular weight excluding hydrogens is 319 g/mol. The van der Waals surface area contributed by atoms with E-state index in [1.807, 2.05) is 24.3 Å². The number of hydrogen-bond donors (Lipinski definition) is 1. The molecule has 1 aromatic heterocycles. The number of piperazine rings is 1. The molecule has 1 aromatic carbocycles. The summed E-state index contributed by atoms with van der Waals surface area (Å²) in [5, 5.41) is 2.97. The third-order valence-corrected chi connectivity index (χ3v) is 4.72. The van der Waals surface area contributed by atoms with Crippen LogP contribution in [0.4, 0.5) is 15.9 Å². The van der Waals surface area contributed by atoms with Gasteiger partial charge in [0.05, 0.1) is 5.56 Å². The van der Waals surface area contributed by atoms with Gasteiger partial charge in [0, 0.05) is 44.1 Å². The lowest BCUT2D eigenvalue weighted by atomic mass is 10.2. The molecule has 1 aliphatic carbocycles. The number of carbonyl (C=O) groups excluding carboxylic acids is 1. The lowest BCUT2D eigenvalue weighted by Gasteiger charge is -2.36. The number of pyridine rings is 1. The van der Waals surface area contributed by atoms with Crippen LogP contribution in [0.25, 0.3) is 0 Å². The summed E-state index contributed by atoms with van der Waals surface area (Å²) in [5.74, 6) is 0.641. The van der Waals surface area contributed by atoms with Gasteiger partial charge in [-0.05, 0) is 49.2 Å². The average molecular weight is 340 g/mol. The first-order valence-corrected chi connectivity index (χ1v) is 8.71. The van der Waals surface area contributed by atoms with Gasteiger partial charge in [0.15, 0.2) is 0 Å². The second kappa shape index (κ2) is 6.70. The zero-order chi connectivity index (χ0) is 17.2. The Hall–Kier alpha value is -2.63. The van der Waals surface area contributed by atoms with E-state index < -0.39 is 0 Å². The summed E-state index contributed by atoms with van der Waals surface area (Å²) in [7, 11) is 0. The molecule has 1 saturated heterocycles. The Morgan fingerprint density at radius 3 is 2.28 bits per heavy atom. The monoisotopic (exact) mass is 340 g/mol. The highest BCUT2D eigenvalue weighted by Gasteiger charge is 2.24. The van der Waals surface area contributed by atoms with Gasteiger partial charge in [-0.15, -0.1) is 0 Å². The predicted molar refractivity (Wildman–Crippen MR) is 95.6 cm³/mol. The maximum atomic E-state index is 13.0. The lowest BCUT2D eigenvalue weighted by Crippen LogP contribution is -2.46. The number of nitrogens with one attached hydrogen (secondary N) is 1. The molecule has 130 valence electrons. The molecule has 4 rings (SSSR count). The van der Waals surface area contributed by atoms with Gasteiger partial charge in [-0.25, -0.2) is 9.37 Å². The summed E-state index contributed by atoms with van der Waals surface area (Å²) in [6, 6.07) is 10.7. The normalized spacial score (nSPS) is 17.5. The van der Waals surface area contributed by atoms with Gasteiger partial charge in [0.2, 0.25) is 0 Å². The minimum atomic E-state index is -0.211. The van der Waals surface area contributed by atoms with Crippen molar-refractivity contribution in [3.63, 3.8) is 0 Å². The first kappa shape index (κ1) is 15.9. The van der Waals surface area contributed by atoms with E-state index in [1.165, 1.54) is 12.1 Å². The summed E-state index contributed by atoms with van der Waals surface area (Å²) in [4.78, 5) is 20.9. The molecule has 5 nitrogen and oxygen atoms in total. The highest BCUT2D eigenvalue weighted by molar-refractivity contribution is 5.94. The molecule has 0 radical (unpaired) electrons. The number of nitrogens with zero attached hydrogens (tertiary/aromatic N) is 3. The van der Waals surface area contributed by atoms with Crippen LogP contribution < -0.4 is 15.1 Å². The molecule has 0 atom stereocenters. The van der Waals surface area contributed by atoms with Crippen LogP contribution in [0.1, 0.15) is 23.2 Å². The molecule has 2 aromatic rings. The molecule has 1 aliphatic heterocycles. The van der Waals surface area contributed by atoms with Crippen LogP contribution in [0.15, 0.2) is 42.6 Å². The van der Waals surface area contributed by atoms with E-state index in [9.17, 15) is 9.18 Å². The van der Waals surface area contributed by atoms with Gasteiger partial charge in [-0.2, -0.15) is 0 Å². The van der Waals surface area contributed by atoms with Gasteiger partial charge >= 0.3 is 0 Å². The first-order chi connectivity index (χ1) is 12.2. The van der Waals surface area contributed by atoms with E-state index in [4.69, 9.17) is 0 Å². The summed E-state index contributed by atoms with van der Waals surface area (Å²) < 4.78 is 13.0. The van der Waals surface area contributed by atoms with Crippen molar-refractivity contribution < 1.29 is 9.18 Å². The number of hydrogen-bond acceptors (Lipinski definition) is 4. The Balaban J connectivity index is 1.35. The van der Waals surface area contributed by atoms with Gasteiger partial charge < -0.3 is 15.1 Å². The Labute approximate surface area is 146 Å². The number of carbonyl (C=O) groups is 1. The number of halogens is 1. The number of aromatic nitrogens is 1. The van der Waals surface area contributed by atoms with E-state index in [-0.39, 0.29) is 11.7 Å². The largest absolute Gasteiger partial charge is 0.368 e. The molecule has 1 amide bonds. The van der Waals surface area contributed by atoms with Gasteiger partial charge in [0.25, 0.3) is 5.91 Å². The maximum Gasteiger partial charge on any atom is 0.253 e. The van der Waals surface area contributed by atoms with Crippen LogP contribution in [-0.2, 0) is 0 Å². The second-order valence-corrected chi connectivity index (χ2v) is 6.60. The smallest absolute Gasteiger partial charge is 0.253 e. The van der Waals surface area contributed by atoms with E-state index >= 15 is 0 Å². The Kier molecular flexibility index (Phi) is 4.26. The molecule has 6 heteroatoms. The molecular formula is C19H21FN4O. The maximum absolute atomic E-state index is 13.0. The number of anilines is 2. The van der Waals surface area contributed by atoms with Crippen molar-refractivity contribution in [3.8, 4) is 0 Å². The zero-order valence-corrected chi connectivity index (χ0v) is 14.0. The summed E-state index contributed by atoms with van der Waals surface area (Å²) in [5.41, 5.74) is 1.65. The van der Waals surface area contributed by atoms with E-state index in [0.29, 0.717) is 11.6 Å². The quantitative estimate of drug-likeness (QED) is 0.929. The molecule has 0 unspecified atom stereocenters. The van der Waals surface area contributed by atoms with Crippen molar-refractivity contribution in [1.29, 1.82) is 0 Å². The first-order valence-electron chi connectivity index (χ1n) is 8.71. The molecule has 1 N–H and O–H groups in total. The lowest BCUT2D eigenvalue weighted by molar-refractivity contribution is 0.0950. The molecule has 2 aliphatic rings. The summed E-state index contributed by atoms with van der Waals surface area (Å²) in [6.45, 7) is 3.41. The van der Waals surface area contributed by atoms with E-state index in [0.717, 1.165) is 50.5 Å². The van der Waals surface area contributed by atoms with Crippen molar-refractivity contribution in [2.45, 2.75) is 18.9 Å². The third-order valence-electron chi connectivity index (χ3n) is 4.72. The van der Waals surface area contributed by atoms with Gasteiger partial charge in [-0.1, -0.05) is 0 Å². The fourth-order valence-corrected chi connectivity index (χ4v) is 3.05. The highest BCUT2D eigenvalue weighted by atomic mass is 19.1. The van der Waals surface area contributed by atoms with Crippen LogP contribution in [0, 0.1) is 5.82 Å². The van der Waals surface area contributed by atoms with Crippen LogP contribution in [-0.4, -0.2) is 43.1 Å². The predicted octanol–water partition coefficient (Wildman–Crippen LogP) is 2.44. The number of benzene rings is 1. The topological polar surface area (TPSA) is 48.5 Å². The van der Waals surface area contributed by atoms with Crippen LogP contribution in [0.5, 0.6) is 0 Å². The molecule has 2 heterocycles. The molecule has 2 fully saturated rings. The zero-order valence-electron chi connectivity index (χ0n) is 14.0. The minimum Gasteiger partial charge on any atom is -0.368 e. The minimum absolute atomic E-state index is 0.0392. The fraction of sp³-hybridized carbons (Fsp3) is 0.368. The standard InChI is InChI=1S/C19H21FN4O/c20-15-2-6-17(7-3-15)23-9-11-24(12-10-23)18-8-1-14(13-21-18)19(25)22-16-4-5-16/h1-3,6-8,13,16H,4-5,9-12H2,(H,22,25). The molecule has 1 saturated carbocycles. The molecule has 0 bridgehead atoms. The Morgan fingerprint density at radius 2 is 1.68 bits per heavy atom. The van der Waals surface area contributed by atoms with Crippen LogP contribution in [0.3, 0.4) is 0 Å². The van der Waals surface area contributed by atoms with Gasteiger partial charge in [-0.3, -0.25) is 4.79 Å². The highest BCUT2D eigenvalue weighted by Crippen LogP contribution is 2.21. The Bertz CT molecular complexity index is 735. The van der Waals surface area contributed by atoms with Gasteiger partial charge in [0.1, 0.15) is 11.6 Å². The van der Waals surface area contributed by atoms with Crippen molar-refractivity contribution in [3.05, 3.63) is 54.0 Å². The van der Waals surface area contributed by atoms with Crippen molar-refractivity contribution >= 4 is 17.4 Å². The number of amides is 1.